The molecule has 1 fully saturated rings. The topological polar surface area (TPSA) is 127 Å². The highest BCUT2D eigenvalue weighted by atomic mass is 19.1. The molecule has 2 aromatic carbocycles. The maximum atomic E-state index is 13.4. The molecule has 0 radical (unpaired) electrons. The molecule has 0 spiro atoms. The first-order valence-corrected chi connectivity index (χ1v) is 13.7. The molecule has 2 aliphatic heterocycles. The van der Waals surface area contributed by atoms with Crippen LogP contribution < -0.4 is 5.69 Å². The molecule has 218 valence electrons. The minimum Gasteiger partial charge on any atom is -0.508 e. The van der Waals surface area contributed by atoms with Crippen LogP contribution in [-0.4, -0.2) is 91.6 Å². The van der Waals surface area contributed by atoms with E-state index >= 15 is 0 Å². The fourth-order valence-corrected chi connectivity index (χ4v) is 5.18. The van der Waals surface area contributed by atoms with Crippen LogP contribution in [0.4, 0.5) is 4.39 Å². The van der Waals surface area contributed by atoms with Gasteiger partial charge in [0.1, 0.15) is 30.7 Å². The van der Waals surface area contributed by atoms with Gasteiger partial charge in [0.05, 0.1) is 11.3 Å². The van der Waals surface area contributed by atoms with Crippen molar-refractivity contribution in [1.29, 1.82) is 0 Å². The molecule has 0 aliphatic carbocycles. The van der Waals surface area contributed by atoms with E-state index in [1.54, 1.807) is 11.0 Å². The summed E-state index contributed by atoms with van der Waals surface area (Å²) in [6, 6.07) is 10.5. The van der Waals surface area contributed by atoms with Gasteiger partial charge >= 0.3 is 5.69 Å². The zero-order valence-electron chi connectivity index (χ0n) is 23.2. The zero-order chi connectivity index (χ0) is 29.1. The van der Waals surface area contributed by atoms with Crippen LogP contribution in [-0.2, 0) is 16.1 Å². The number of nitrogens with one attached hydrogen (secondary N) is 1. The Balaban J connectivity index is 1.20. The molecule has 1 amide bonds. The summed E-state index contributed by atoms with van der Waals surface area (Å²) in [5.74, 6) is -0.216. The zero-order valence-corrected chi connectivity index (χ0v) is 23.2. The number of aromatic hydroxyl groups is 2. The summed E-state index contributed by atoms with van der Waals surface area (Å²) >= 11 is 0. The van der Waals surface area contributed by atoms with Crippen molar-refractivity contribution in [3.05, 3.63) is 70.0 Å². The van der Waals surface area contributed by atoms with E-state index in [1.807, 2.05) is 43.0 Å². The summed E-state index contributed by atoms with van der Waals surface area (Å²) in [5, 5.41) is 27.4. The predicted octanol–water partition coefficient (Wildman–Crippen LogP) is 2.90. The fraction of sp³-hybridized carbons (Fsp3) is 0.414. The quantitative estimate of drug-likeness (QED) is 0.380. The minimum atomic E-state index is -0.443. The third kappa shape index (κ3) is 6.44. The lowest BCUT2D eigenvalue weighted by Gasteiger charge is -2.35. The van der Waals surface area contributed by atoms with Crippen molar-refractivity contribution in [2.24, 2.45) is 0 Å². The first-order valence-electron chi connectivity index (χ1n) is 13.7. The number of nitrogens with zero attached hydrogens (tertiary/aromatic N) is 5. The Kier molecular flexibility index (Phi) is 8.41. The van der Waals surface area contributed by atoms with Crippen molar-refractivity contribution in [3.8, 4) is 28.6 Å². The van der Waals surface area contributed by atoms with Crippen LogP contribution in [0.2, 0.25) is 0 Å². The summed E-state index contributed by atoms with van der Waals surface area (Å²) in [5.41, 5.74) is 2.18. The molecule has 11 nitrogen and oxygen atoms in total. The van der Waals surface area contributed by atoms with Gasteiger partial charge in [0.15, 0.2) is 5.82 Å². The van der Waals surface area contributed by atoms with Crippen LogP contribution in [0.25, 0.3) is 17.1 Å². The number of hydrogen-bond donors (Lipinski definition) is 3. The number of benzene rings is 2. The Bertz CT molecular complexity index is 1470. The number of H-pyrrole nitrogens is 1. The van der Waals surface area contributed by atoms with E-state index in [2.05, 4.69) is 15.1 Å². The second-order valence-electron chi connectivity index (χ2n) is 10.7. The number of hydrogen-bond acceptors (Lipinski definition) is 8. The highest BCUT2D eigenvalue weighted by molar-refractivity contribution is 5.76. The van der Waals surface area contributed by atoms with Gasteiger partial charge in [-0.2, -0.15) is 5.10 Å². The van der Waals surface area contributed by atoms with Gasteiger partial charge < -0.3 is 24.7 Å². The van der Waals surface area contributed by atoms with E-state index in [9.17, 15) is 24.2 Å². The Morgan fingerprint density at radius 1 is 1.10 bits per heavy atom. The lowest BCUT2D eigenvalue weighted by Crippen LogP contribution is -2.48. The molecule has 5 rings (SSSR count). The number of rotatable bonds is 8. The van der Waals surface area contributed by atoms with Crippen molar-refractivity contribution < 1.29 is 24.1 Å². The van der Waals surface area contributed by atoms with Gasteiger partial charge in [0.25, 0.3) is 0 Å². The Morgan fingerprint density at radius 3 is 2.51 bits per heavy atom. The van der Waals surface area contributed by atoms with Crippen molar-refractivity contribution in [2.75, 3.05) is 46.1 Å². The van der Waals surface area contributed by atoms with E-state index in [1.165, 1.54) is 16.8 Å². The summed E-state index contributed by atoms with van der Waals surface area (Å²) in [6.07, 6.45) is 1.72. The van der Waals surface area contributed by atoms with Crippen LogP contribution in [0.5, 0.6) is 11.5 Å². The predicted molar refractivity (Wildman–Crippen MR) is 150 cm³/mol. The Hall–Kier alpha value is -4.16. The summed E-state index contributed by atoms with van der Waals surface area (Å²) in [7, 11) is 0. The molecular formula is C29H35FN6O5. The molecule has 41 heavy (non-hydrogen) atoms. The second kappa shape index (κ2) is 12.1. The largest absolute Gasteiger partial charge is 0.508 e. The Labute approximate surface area is 237 Å². The Morgan fingerprint density at radius 2 is 1.83 bits per heavy atom. The van der Waals surface area contributed by atoms with E-state index in [4.69, 9.17) is 4.74 Å². The average Bonchev–Trinajstić information content (AvgIpc) is 3.33. The minimum absolute atomic E-state index is 0.00533. The maximum Gasteiger partial charge on any atom is 0.348 e. The van der Waals surface area contributed by atoms with Crippen molar-refractivity contribution in [2.45, 2.75) is 32.7 Å². The van der Waals surface area contributed by atoms with Gasteiger partial charge in [0.2, 0.25) is 5.91 Å². The van der Waals surface area contributed by atoms with E-state index in [0.29, 0.717) is 56.1 Å². The number of phenols is 2. The van der Waals surface area contributed by atoms with Crippen LogP contribution in [0.3, 0.4) is 0 Å². The monoisotopic (exact) mass is 566 g/mol. The van der Waals surface area contributed by atoms with Crippen molar-refractivity contribution in [3.63, 3.8) is 0 Å². The lowest BCUT2D eigenvalue weighted by molar-refractivity contribution is -0.133. The van der Waals surface area contributed by atoms with Crippen LogP contribution in [0, 0.1) is 0 Å². The molecule has 0 saturated carbocycles. The molecule has 0 atom stereocenters. The third-order valence-electron chi connectivity index (χ3n) is 7.44. The molecule has 3 N–H and O–H groups in total. The van der Waals surface area contributed by atoms with Crippen LogP contribution in [0.15, 0.2) is 53.2 Å². The number of carbonyl (C=O) groups excluding carboxylic acids is 1. The molecule has 3 aromatic rings. The molecular weight excluding hydrogens is 531 g/mol. The molecule has 3 heterocycles. The molecule has 1 saturated heterocycles. The number of amides is 1. The molecule has 12 heteroatoms. The van der Waals surface area contributed by atoms with Gasteiger partial charge in [0, 0.05) is 58.0 Å². The highest BCUT2D eigenvalue weighted by Crippen LogP contribution is 2.37. The fourth-order valence-electron chi connectivity index (χ4n) is 5.18. The second-order valence-corrected chi connectivity index (χ2v) is 10.7. The maximum absolute atomic E-state index is 13.4. The summed E-state index contributed by atoms with van der Waals surface area (Å²) in [4.78, 5) is 31.1. The smallest absolute Gasteiger partial charge is 0.348 e. The molecule has 2 aliphatic rings. The van der Waals surface area contributed by atoms with Crippen LogP contribution in [0.1, 0.15) is 37.3 Å². The summed E-state index contributed by atoms with van der Waals surface area (Å²) < 4.78 is 19.9. The van der Waals surface area contributed by atoms with E-state index < -0.39 is 5.69 Å². The SMILES string of the molecule is CC(C)c1cc(-c2n[nH]c(=O)n2-c2ccc(CN3CCN(C(=O)CCN4C=C(F)COC4)CC3)cc2)c(O)cc1O. The van der Waals surface area contributed by atoms with Gasteiger partial charge in [-0.15, -0.1) is 0 Å². The van der Waals surface area contributed by atoms with Crippen molar-refractivity contribution >= 4 is 5.91 Å². The molecule has 0 bridgehead atoms. The number of halogens is 1. The number of aromatic nitrogens is 3. The van der Waals surface area contributed by atoms with E-state index in [-0.39, 0.29) is 41.6 Å². The lowest BCUT2D eigenvalue weighted by atomic mass is 9.98. The average molecular weight is 567 g/mol. The van der Waals surface area contributed by atoms with Gasteiger partial charge in [-0.05, 0) is 35.2 Å². The van der Waals surface area contributed by atoms with Crippen molar-refractivity contribution in [1.82, 2.24) is 29.5 Å². The summed E-state index contributed by atoms with van der Waals surface area (Å²) in [6.45, 7) is 7.97. The molecule has 1 aromatic heterocycles. The standard InChI is InChI=1S/C29H35FN6O5/c1-19(2)23-13-24(26(38)14-25(23)37)28-31-32-29(40)36(28)22-5-3-20(4-6-22)15-33-9-11-35(12-10-33)27(39)7-8-34-16-21(30)17-41-18-34/h3-6,13-14,16,19,37-38H,7-12,15,17-18H2,1-2H3,(H,32,40). The van der Waals surface area contributed by atoms with Gasteiger partial charge in [-0.1, -0.05) is 26.0 Å². The van der Waals surface area contributed by atoms with Gasteiger partial charge in [-0.25, -0.2) is 18.9 Å². The number of phenolic OH excluding ortho intramolecular Hbond substituents is 2. The third-order valence-corrected chi connectivity index (χ3v) is 7.44. The van der Waals surface area contributed by atoms with Gasteiger partial charge in [-0.3, -0.25) is 9.69 Å². The first-order chi connectivity index (χ1) is 19.7. The number of carbonyl (C=O) groups is 1. The number of piperazine rings is 1. The van der Waals surface area contributed by atoms with Crippen LogP contribution >= 0.6 is 0 Å². The highest BCUT2D eigenvalue weighted by Gasteiger charge is 2.23. The van der Waals surface area contributed by atoms with E-state index in [0.717, 1.165) is 18.7 Å². The number of aromatic amines is 1. The normalized spacial score (nSPS) is 16.3. The molecule has 0 unspecified atom stereocenters. The number of ether oxygens (including phenoxy) is 1. The first kappa shape index (κ1) is 28.4.